The van der Waals surface area contributed by atoms with Crippen LogP contribution in [-0.4, -0.2) is 43.5 Å². The molecule has 0 amide bonds. The molecule has 0 aliphatic heterocycles. The molecule has 2 N–H and O–H groups in total. The second-order valence-corrected chi connectivity index (χ2v) is 5.68. The van der Waals surface area contributed by atoms with Gasteiger partial charge in [0.2, 0.25) is 0 Å². The van der Waals surface area contributed by atoms with Crippen LogP contribution in [0.3, 0.4) is 0 Å². The van der Waals surface area contributed by atoms with Gasteiger partial charge in [-0.2, -0.15) is 0 Å². The largest absolute Gasteiger partial charge is 0.465 e. The Hall–Kier alpha value is -0.970. The normalized spacial score (nSPS) is 12.0. The fraction of sp³-hybridized carbons (Fsp3) is 0.562. The van der Waals surface area contributed by atoms with Crippen LogP contribution in [0.2, 0.25) is 0 Å². The predicted molar refractivity (Wildman–Crippen MR) is 93.0 cm³/mol. The lowest BCUT2D eigenvalue weighted by Crippen LogP contribution is -2.32. The molecule has 0 saturated heterocycles. The van der Waals surface area contributed by atoms with Crippen LogP contribution in [-0.2, 0) is 16.0 Å². The lowest BCUT2D eigenvalue weighted by atomic mass is 10.1. The number of nitrogens with two attached hydrogens (primary N) is 1. The van der Waals surface area contributed by atoms with E-state index in [1.807, 2.05) is 24.3 Å². The first kappa shape index (κ1) is 19.1. The summed E-state index contributed by atoms with van der Waals surface area (Å²) < 4.78 is 4.90. The minimum atomic E-state index is -0.566. The van der Waals surface area contributed by atoms with Gasteiger partial charge in [-0.25, -0.2) is 0 Å². The zero-order chi connectivity index (χ0) is 16.4. The SMILES string of the molecule is CCOC(=O)[C@H](N)CCc1ccc(N(CCCl)CCCl)cc1. The number of anilines is 1. The van der Waals surface area contributed by atoms with Crippen molar-refractivity contribution >= 4 is 34.9 Å². The van der Waals surface area contributed by atoms with E-state index in [9.17, 15) is 4.79 Å². The molecule has 4 nitrogen and oxygen atoms in total. The Morgan fingerprint density at radius 1 is 1.23 bits per heavy atom. The van der Waals surface area contributed by atoms with Crippen molar-refractivity contribution in [3.8, 4) is 0 Å². The smallest absolute Gasteiger partial charge is 0.322 e. The number of alkyl halides is 2. The van der Waals surface area contributed by atoms with Crippen LogP contribution in [0.1, 0.15) is 18.9 Å². The number of hydrogen-bond acceptors (Lipinski definition) is 4. The number of hydrogen-bond donors (Lipinski definition) is 1. The highest BCUT2D eigenvalue weighted by Gasteiger charge is 2.14. The molecule has 6 heteroatoms. The first-order chi connectivity index (χ1) is 10.6. The van der Waals surface area contributed by atoms with Gasteiger partial charge in [0.15, 0.2) is 0 Å². The van der Waals surface area contributed by atoms with Crippen LogP contribution in [0.25, 0.3) is 0 Å². The maximum Gasteiger partial charge on any atom is 0.322 e. The van der Waals surface area contributed by atoms with Crippen molar-refractivity contribution in [2.24, 2.45) is 5.73 Å². The second kappa shape index (κ2) is 10.7. The molecule has 0 fully saturated rings. The van der Waals surface area contributed by atoms with Gasteiger partial charge in [0.05, 0.1) is 6.61 Å². The minimum absolute atomic E-state index is 0.338. The van der Waals surface area contributed by atoms with E-state index in [2.05, 4.69) is 4.90 Å². The average molecular weight is 347 g/mol. The number of carbonyl (C=O) groups is 1. The van der Waals surface area contributed by atoms with Crippen molar-refractivity contribution in [3.05, 3.63) is 29.8 Å². The van der Waals surface area contributed by atoms with E-state index in [4.69, 9.17) is 33.7 Å². The molecule has 0 aromatic heterocycles. The number of esters is 1. The van der Waals surface area contributed by atoms with E-state index < -0.39 is 6.04 Å². The van der Waals surface area contributed by atoms with Gasteiger partial charge < -0.3 is 15.4 Å². The monoisotopic (exact) mass is 346 g/mol. The van der Waals surface area contributed by atoms with Crippen molar-refractivity contribution in [1.82, 2.24) is 0 Å². The van der Waals surface area contributed by atoms with Gasteiger partial charge in [-0.3, -0.25) is 4.79 Å². The summed E-state index contributed by atoms with van der Waals surface area (Å²) in [5, 5.41) is 0. The maximum absolute atomic E-state index is 11.5. The first-order valence-corrected chi connectivity index (χ1v) is 8.57. The van der Waals surface area contributed by atoms with Gasteiger partial charge >= 0.3 is 5.97 Å². The molecule has 0 bridgehead atoms. The molecule has 0 spiro atoms. The average Bonchev–Trinajstić information content (AvgIpc) is 2.53. The molecule has 1 aromatic rings. The molecular weight excluding hydrogens is 323 g/mol. The Balaban J connectivity index is 2.55. The molecule has 0 radical (unpaired) electrons. The molecule has 22 heavy (non-hydrogen) atoms. The number of ether oxygens (including phenoxy) is 1. The van der Waals surface area contributed by atoms with Crippen LogP contribution in [0.15, 0.2) is 24.3 Å². The molecule has 0 heterocycles. The number of halogens is 2. The van der Waals surface area contributed by atoms with Crippen molar-refractivity contribution in [3.63, 3.8) is 0 Å². The molecule has 124 valence electrons. The highest BCUT2D eigenvalue weighted by molar-refractivity contribution is 6.18. The lowest BCUT2D eigenvalue weighted by Gasteiger charge is -2.23. The third-order valence-corrected chi connectivity index (χ3v) is 3.68. The van der Waals surface area contributed by atoms with Gasteiger partial charge in [-0.1, -0.05) is 12.1 Å². The number of carbonyl (C=O) groups excluding carboxylic acids is 1. The Morgan fingerprint density at radius 2 is 1.82 bits per heavy atom. The maximum atomic E-state index is 11.5. The van der Waals surface area contributed by atoms with E-state index in [1.165, 1.54) is 0 Å². The lowest BCUT2D eigenvalue weighted by molar-refractivity contribution is -0.144. The molecule has 0 unspecified atom stereocenters. The fourth-order valence-electron chi connectivity index (χ4n) is 2.14. The summed E-state index contributed by atoms with van der Waals surface area (Å²) in [5.41, 5.74) is 8.03. The standard InChI is InChI=1S/C16H24Cl2N2O2/c1-2-22-16(21)15(19)8-5-13-3-6-14(7-4-13)20(11-9-17)12-10-18/h3-4,6-7,15H,2,5,8-12,19H2,1H3/t15-/m1/s1. The first-order valence-electron chi connectivity index (χ1n) is 7.50. The summed E-state index contributed by atoms with van der Waals surface area (Å²) in [6.07, 6.45) is 1.32. The molecule has 1 rings (SSSR count). The van der Waals surface area contributed by atoms with Gasteiger partial charge in [0.25, 0.3) is 0 Å². The van der Waals surface area contributed by atoms with Gasteiger partial charge in [-0.15, -0.1) is 23.2 Å². The summed E-state index contributed by atoms with van der Waals surface area (Å²) in [5.74, 6) is 0.787. The molecular formula is C16H24Cl2N2O2. The molecule has 0 aliphatic carbocycles. The van der Waals surface area contributed by atoms with Crippen molar-refractivity contribution in [2.75, 3.05) is 36.4 Å². The Kier molecular flexibility index (Phi) is 9.28. The van der Waals surface area contributed by atoms with Gasteiger partial charge in [0.1, 0.15) is 6.04 Å². The van der Waals surface area contributed by atoms with E-state index in [1.54, 1.807) is 6.92 Å². The summed E-state index contributed by atoms with van der Waals surface area (Å²) in [4.78, 5) is 13.6. The Labute approximate surface area is 142 Å². The Bertz CT molecular complexity index is 434. The van der Waals surface area contributed by atoms with Crippen molar-refractivity contribution < 1.29 is 9.53 Å². The van der Waals surface area contributed by atoms with E-state index in [-0.39, 0.29) is 5.97 Å². The van der Waals surface area contributed by atoms with Crippen LogP contribution in [0.4, 0.5) is 5.69 Å². The summed E-state index contributed by atoms with van der Waals surface area (Å²) in [6, 6.07) is 7.61. The topological polar surface area (TPSA) is 55.6 Å². The van der Waals surface area contributed by atoms with Crippen LogP contribution >= 0.6 is 23.2 Å². The molecule has 1 aromatic carbocycles. The summed E-state index contributed by atoms with van der Waals surface area (Å²) >= 11 is 11.6. The zero-order valence-electron chi connectivity index (χ0n) is 12.9. The van der Waals surface area contributed by atoms with Crippen molar-refractivity contribution in [1.29, 1.82) is 0 Å². The summed E-state index contributed by atoms with van der Waals surface area (Å²) in [7, 11) is 0. The number of nitrogens with zero attached hydrogens (tertiary/aromatic N) is 1. The van der Waals surface area contributed by atoms with Crippen LogP contribution in [0.5, 0.6) is 0 Å². The highest BCUT2D eigenvalue weighted by atomic mass is 35.5. The fourth-order valence-corrected chi connectivity index (χ4v) is 2.54. The number of aryl methyl sites for hydroxylation is 1. The van der Waals surface area contributed by atoms with E-state index in [0.717, 1.165) is 30.8 Å². The predicted octanol–water partition coefficient (Wildman–Crippen LogP) is 2.79. The third kappa shape index (κ3) is 6.42. The third-order valence-electron chi connectivity index (χ3n) is 3.34. The Morgan fingerprint density at radius 3 is 2.32 bits per heavy atom. The highest BCUT2D eigenvalue weighted by Crippen LogP contribution is 2.17. The van der Waals surface area contributed by atoms with Crippen LogP contribution < -0.4 is 10.6 Å². The summed E-state index contributed by atoms with van der Waals surface area (Å²) in [6.45, 7) is 3.66. The minimum Gasteiger partial charge on any atom is -0.465 e. The zero-order valence-corrected chi connectivity index (χ0v) is 14.4. The van der Waals surface area contributed by atoms with Gasteiger partial charge in [0, 0.05) is 30.5 Å². The number of benzene rings is 1. The quantitative estimate of drug-likeness (QED) is 0.522. The van der Waals surface area contributed by atoms with E-state index in [0.29, 0.717) is 24.8 Å². The molecule has 0 aliphatic rings. The molecule has 0 saturated carbocycles. The van der Waals surface area contributed by atoms with Gasteiger partial charge in [-0.05, 0) is 37.5 Å². The van der Waals surface area contributed by atoms with E-state index >= 15 is 0 Å². The molecule has 1 atom stereocenters. The van der Waals surface area contributed by atoms with Crippen LogP contribution in [0, 0.1) is 0 Å². The number of rotatable bonds is 10. The second-order valence-electron chi connectivity index (χ2n) is 4.93. The van der Waals surface area contributed by atoms with Crippen molar-refractivity contribution in [2.45, 2.75) is 25.8 Å².